The van der Waals surface area contributed by atoms with E-state index in [-0.39, 0.29) is 23.9 Å². The van der Waals surface area contributed by atoms with E-state index in [9.17, 15) is 14.7 Å². The Labute approximate surface area is 193 Å². The summed E-state index contributed by atoms with van der Waals surface area (Å²) >= 11 is 0. The van der Waals surface area contributed by atoms with Gasteiger partial charge in [-0.3, -0.25) is 18.9 Å². The highest BCUT2D eigenvalue weighted by Gasteiger charge is 2.27. The zero-order chi connectivity index (χ0) is 23.7. The van der Waals surface area contributed by atoms with Crippen molar-refractivity contribution >= 4 is 22.9 Å². The number of hydrogen-bond donors (Lipinski definition) is 1. The maximum atomic E-state index is 13.1. The van der Waals surface area contributed by atoms with Gasteiger partial charge in [0.05, 0.1) is 6.04 Å². The Hall–Kier alpha value is -2.88. The van der Waals surface area contributed by atoms with Crippen LogP contribution in [-0.2, 0) is 20.6 Å². The summed E-state index contributed by atoms with van der Waals surface area (Å²) in [6, 6.07) is 0.0462. The third kappa shape index (κ3) is 4.48. The number of imidazole rings is 1. The molecule has 2 fully saturated rings. The van der Waals surface area contributed by atoms with E-state index in [1.165, 1.54) is 11.6 Å². The number of likely N-dealkylation sites (tertiary alicyclic amines) is 1. The molecule has 2 aromatic rings. The SMILES string of the molecule is CC(C)=CCn1c(N2CCCC(N=C(CO)N3CCCC3)C2)nc2c1c(=O)n(C)c(=O)n2C. The molecule has 10 heteroatoms. The molecule has 0 bridgehead atoms. The van der Waals surface area contributed by atoms with Gasteiger partial charge in [-0.1, -0.05) is 11.6 Å². The Balaban J connectivity index is 1.75. The fourth-order valence-corrected chi connectivity index (χ4v) is 4.77. The Kier molecular flexibility index (Phi) is 6.73. The number of anilines is 1. The predicted octanol–water partition coefficient (Wildman–Crippen LogP) is 0.855. The molecule has 10 nitrogen and oxygen atoms in total. The van der Waals surface area contributed by atoms with Crippen molar-refractivity contribution in [1.82, 2.24) is 23.6 Å². The quantitative estimate of drug-likeness (QED) is 0.406. The number of rotatable bonds is 5. The fraction of sp³-hybridized carbons (Fsp3) is 0.652. The van der Waals surface area contributed by atoms with Gasteiger partial charge in [0.1, 0.15) is 12.4 Å². The molecule has 1 N–H and O–H groups in total. The maximum Gasteiger partial charge on any atom is 0.332 e. The van der Waals surface area contributed by atoms with Crippen LogP contribution in [0.5, 0.6) is 0 Å². The van der Waals surface area contributed by atoms with Gasteiger partial charge < -0.3 is 19.5 Å². The third-order valence-electron chi connectivity index (χ3n) is 6.63. The second-order valence-corrected chi connectivity index (χ2v) is 9.32. The molecule has 0 saturated carbocycles. The van der Waals surface area contributed by atoms with Crippen LogP contribution in [0.2, 0.25) is 0 Å². The molecular weight excluding hydrogens is 422 g/mol. The van der Waals surface area contributed by atoms with E-state index >= 15 is 0 Å². The smallest absolute Gasteiger partial charge is 0.332 e. The lowest BCUT2D eigenvalue weighted by Crippen LogP contribution is -2.41. The van der Waals surface area contributed by atoms with E-state index < -0.39 is 0 Å². The average molecular weight is 458 g/mol. The summed E-state index contributed by atoms with van der Waals surface area (Å²) in [7, 11) is 3.15. The number of piperidine rings is 1. The first-order valence-corrected chi connectivity index (χ1v) is 11.8. The van der Waals surface area contributed by atoms with Gasteiger partial charge in [-0.25, -0.2) is 4.79 Å². The number of fused-ring (bicyclic) bond motifs is 1. The molecule has 0 aromatic carbocycles. The first-order chi connectivity index (χ1) is 15.8. The molecule has 2 saturated heterocycles. The average Bonchev–Trinajstić information content (AvgIpc) is 3.47. The Bertz CT molecular complexity index is 1190. The molecule has 180 valence electrons. The molecule has 0 aliphatic carbocycles. The summed E-state index contributed by atoms with van der Waals surface area (Å²) in [6.45, 7) is 7.85. The van der Waals surface area contributed by atoms with Crippen molar-refractivity contribution in [2.24, 2.45) is 19.1 Å². The summed E-state index contributed by atoms with van der Waals surface area (Å²) in [5, 5.41) is 9.90. The molecule has 2 aliphatic heterocycles. The van der Waals surface area contributed by atoms with Gasteiger partial charge in [-0.05, 0) is 39.5 Å². The van der Waals surface area contributed by atoms with E-state index in [1.54, 1.807) is 7.05 Å². The summed E-state index contributed by atoms with van der Waals surface area (Å²) < 4.78 is 4.50. The lowest BCUT2D eigenvalue weighted by Gasteiger charge is -2.33. The van der Waals surface area contributed by atoms with E-state index in [0.29, 0.717) is 30.2 Å². The third-order valence-corrected chi connectivity index (χ3v) is 6.63. The predicted molar refractivity (Wildman–Crippen MR) is 130 cm³/mol. The summed E-state index contributed by atoms with van der Waals surface area (Å²) in [5.41, 5.74) is 1.26. The molecule has 4 rings (SSSR count). The van der Waals surface area contributed by atoms with Crippen molar-refractivity contribution in [3.05, 3.63) is 32.5 Å². The molecule has 2 aliphatic rings. The van der Waals surface area contributed by atoms with E-state index in [1.807, 2.05) is 18.4 Å². The van der Waals surface area contributed by atoms with Crippen molar-refractivity contribution in [1.29, 1.82) is 0 Å². The van der Waals surface area contributed by atoms with Gasteiger partial charge in [-0.2, -0.15) is 4.98 Å². The molecule has 0 radical (unpaired) electrons. The van der Waals surface area contributed by atoms with Crippen molar-refractivity contribution in [3.8, 4) is 0 Å². The number of aliphatic hydroxyl groups is 1. The fourth-order valence-electron chi connectivity index (χ4n) is 4.77. The minimum absolute atomic E-state index is 0.0462. The van der Waals surface area contributed by atoms with E-state index in [4.69, 9.17) is 9.98 Å². The van der Waals surface area contributed by atoms with Gasteiger partial charge >= 0.3 is 5.69 Å². The summed E-state index contributed by atoms with van der Waals surface area (Å²) in [4.78, 5) is 39.6. The van der Waals surface area contributed by atoms with Crippen LogP contribution in [0.15, 0.2) is 26.2 Å². The van der Waals surface area contributed by atoms with Crippen LogP contribution in [0.1, 0.15) is 39.5 Å². The van der Waals surface area contributed by atoms with Gasteiger partial charge in [0.15, 0.2) is 11.2 Å². The first kappa shape index (κ1) is 23.3. The van der Waals surface area contributed by atoms with Crippen LogP contribution in [0.25, 0.3) is 11.2 Å². The number of aromatic nitrogens is 4. The molecule has 0 spiro atoms. The number of aliphatic imine (C=N–C) groups is 1. The van der Waals surface area contributed by atoms with Crippen molar-refractivity contribution in [3.63, 3.8) is 0 Å². The minimum atomic E-state index is -0.384. The minimum Gasteiger partial charge on any atom is -0.388 e. The highest BCUT2D eigenvalue weighted by Crippen LogP contribution is 2.25. The highest BCUT2D eigenvalue weighted by atomic mass is 16.3. The van der Waals surface area contributed by atoms with Crippen LogP contribution in [0.3, 0.4) is 0 Å². The largest absolute Gasteiger partial charge is 0.388 e. The number of hydrogen-bond acceptors (Lipinski definition) is 6. The molecule has 1 unspecified atom stereocenters. The normalized spacial score (nSPS) is 19.5. The lowest BCUT2D eigenvalue weighted by molar-refractivity contribution is 0.329. The Morgan fingerprint density at radius 2 is 1.85 bits per heavy atom. The zero-order valence-corrected chi connectivity index (χ0v) is 20.1. The van der Waals surface area contributed by atoms with Crippen LogP contribution < -0.4 is 16.1 Å². The Morgan fingerprint density at radius 1 is 1.12 bits per heavy atom. The monoisotopic (exact) mass is 457 g/mol. The summed E-state index contributed by atoms with van der Waals surface area (Å²) in [5.74, 6) is 1.46. The van der Waals surface area contributed by atoms with E-state index in [2.05, 4.69) is 15.9 Å². The van der Waals surface area contributed by atoms with Crippen LogP contribution in [0, 0.1) is 0 Å². The Morgan fingerprint density at radius 3 is 2.52 bits per heavy atom. The topological polar surface area (TPSA) is 101 Å². The number of aliphatic hydroxyl groups excluding tert-OH is 1. The van der Waals surface area contributed by atoms with Crippen LogP contribution in [-0.4, -0.2) is 73.4 Å². The van der Waals surface area contributed by atoms with Gasteiger partial charge in [0, 0.05) is 46.8 Å². The maximum absolute atomic E-state index is 13.1. The number of amidine groups is 1. The zero-order valence-electron chi connectivity index (χ0n) is 20.1. The molecule has 33 heavy (non-hydrogen) atoms. The summed E-state index contributed by atoms with van der Waals surface area (Å²) in [6.07, 6.45) is 6.22. The molecule has 4 heterocycles. The second-order valence-electron chi connectivity index (χ2n) is 9.32. The molecule has 0 amide bonds. The molecular formula is C23H35N7O3. The van der Waals surface area contributed by atoms with Crippen LogP contribution >= 0.6 is 0 Å². The van der Waals surface area contributed by atoms with Gasteiger partial charge in [0.25, 0.3) is 5.56 Å². The lowest BCUT2D eigenvalue weighted by atomic mass is 10.1. The standard InChI is InChI=1S/C23H35N7O3/c1-16(2)9-13-30-19-20(26(3)23(33)27(4)21(19)32)25-22(30)29-12-7-8-17(14-29)24-18(15-31)28-10-5-6-11-28/h9,17,31H,5-8,10-15H2,1-4H3. The first-order valence-electron chi connectivity index (χ1n) is 11.8. The van der Waals surface area contributed by atoms with Crippen molar-refractivity contribution < 1.29 is 5.11 Å². The highest BCUT2D eigenvalue weighted by molar-refractivity contribution is 5.83. The number of nitrogens with zero attached hydrogens (tertiary/aromatic N) is 7. The number of aryl methyl sites for hydroxylation is 1. The van der Waals surface area contributed by atoms with Gasteiger partial charge in [0.2, 0.25) is 5.95 Å². The van der Waals surface area contributed by atoms with E-state index in [0.717, 1.165) is 61.3 Å². The van der Waals surface area contributed by atoms with Gasteiger partial charge in [-0.15, -0.1) is 0 Å². The number of allylic oxidation sites excluding steroid dienone is 2. The molecule has 1 atom stereocenters. The van der Waals surface area contributed by atoms with Crippen molar-refractivity contribution in [2.75, 3.05) is 37.7 Å². The molecule has 2 aromatic heterocycles. The van der Waals surface area contributed by atoms with Crippen molar-refractivity contribution in [2.45, 2.75) is 52.1 Å². The second kappa shape index (κ2) is 9.54. The van der Waals surface area contributed by atoms with Crippen LogP contribution in [0.4, 0.5) is 5.95 Å².